The quantitative estimate of drug-likeness (QED) is 0.204. The molecule has 1 atom stereocenters. The first kappa shape index (κ1) is 32.0. The first-order chi connectivity index (χ1) is 21.7. The number of rotatable bonds is 12. The van der Waals surface area contributed by atoms with Crippen LogP contribution in [0.25, 0.3) is 0 Å². The van der Waals surface area contributed by atoms with Crippen LogP contribution < -0.4 is 9.62 Å². The fourth-order valence-corrected chi connectivity index (χ4v) is 7.41. The molecule has 1 aliphatic carbocycles. The molecule has 4 aromatic rings. The average molecular weight is 624 g/mol. The summed E-state index contributed by atoms with van der Waals surface area (Å²) in [5.74, 6) is -0.680. The monoisotopic (exact) mass is 623 g/mol. The third-order valence-electron chi connectivity index (χ3n) is 8.41. The van der Waals surface area contributed by atoms with Gasteiger partial charge in [0.2, 0.25) is 11.8 Å². The van der Waals surface area contributed by atoms with Crippen LogP contribution in [0, 0.1) is 13.8 Å². The van der Waals surface area contributed by atoms with Gasteiger partial charge >= 0.3 is 0 Å². The van der Waals surface area contributed by atoms with Crippen LogP contribution in [0.5, 0.6) is 0 Å². The number of nitrogens with zero attached hydrogens (tertiary/aromatic N) is 2. The molecule has 1 aliphatic rings. The molecule has 0 bridgehead atoms. The Morgan fingerprint density at radius 3 is 2.00 bits per heavy atom. The van der Waals surface area contributed by atoms with E-state index in [4.69, 9.17) is 0 Å². The van der Waals surface area contributed by atoms with Crippen molar-refractivity contribution in [2.75, 3.05) is 10.8 Å². The SMILES string of the molecule is Cc1ccc(C)c(N(CC(=O)N(Cc2ccccc2)[C@@H](Cc2ccccc2)C(=O)NC2CCCC2)S(=O)(=O)c2ccccc2)c1. The van der Waals surface area contributed by atoms with Crippen molar-refractivity contribution in [1.29, 1.82) is 0 Å². The van der Waals surface area contributed by atoms with Crippen molar-refractivity contribution < 1.29 is 18.0 Å². The van der Waals surface area contributed by atoms with Gasteiger partial charge in [-0.25, -0.2) is 8.42 Å². The first-order valence-electron chi connectivity index (χ1n) is 15.5. The summed E-state index contributed by atoms with van der Waals surface area (Å²) < 4.78 is 29.6. The van der Waals surface area contributed by atoms with E-state index in [0.717, 1.165) is 47.9 Å². The highest BCUT2D eigenvalue weighted by Crippen LogP contribution is 2.29. The van der Waals surface area contributed by atoms with Crippen LogP contribution in [0.15, 0.2) is 114 Å². The summed E-state index contributed by atoms with van der Waals surface area (Å²) in [5.41, 5.74) is 3.79. The smallest absolute Gasteiger partial charge is 0.264 e. The number of anilines is 1. The number of carbonyl (C=O) groups is 2. The second-order valence-corrected chi connectivity index (χ2v) is 13.7. The molecule has 8 heteroatoms. The third-order valence-corrected chi connectivity index (χ3v) is 10.2. The molecule has 0 aromatic heterocycles. The lowest BCUT2D eigenvalue weighted by molar-refractivity contribution is -0.140. The van der Waals surface area contributed by atoms with Crippen LogP contribution in [0.1, 0.15) is 47.9 Å². The molecule has 234 valence electrons. The summed E-state index contributed by atoms with van der Waals surface area (Å²) in [6, 6.07) is 32.1. The van der Waals surface area contributed by atoms with E-state index in [2.05, 4.69) is 5.32 Å². The molecule has 0 unspecified atom stereocenters. The highest BCUT2D eigenvalue weighted by molar-refractivity contribution is 7.92. The number of nitrogens with one attached hydrogen (secondary N) is 1. The molecule has 7 nitrogen and oxygen atoms in total. The largest absolute Gasteiger partial charge is 0.352 e. The lowest BCUT2D eigenvalue weighted by atomic mass is 10.0. The summed E-state index contributed by atoms with van der Waals surface area (Å²) in [6.07, 6.45) is 4.23. The van der Waals surface area contributed by atoms with Gasteiger partial charge in [0.25, 0.3) is 10.0 Å². The molecule has 1 saturated carbocycles. The van der Waals surface area contributed by atoms with Crippen molar-refractivity contribution in [2.45, 2.75) is 69.5 Å². The number of carbonyl (C=O) groups excluding carboxylic acids is 2. The zero-order chi connectivity index (χ0) is 31.8. The van der Waals surface area contributed by atoms with Gasteiger partial charge in [-0.1, -0.05) is 104 Å². The number of sulfonamides is 1. The predicted molar refractivity (Wildman–Crippen MR) is 178 cm³/mol. The maximum absolute atomic E-state index is 14.6. The van der Waals surface area contributed by atoms with Crippen molar-refractivity contribution in [3.05, 3.63) is 131 Å². The Balaban J connectivity index is 1.57. The third kappa shape index (κ3) is 8.00. The molecule has 0 heterocycles. The fourth-order valence-electron chi connectivity index (χ4n) is 5.92. The predicted octanol–water partition coefficient (Wildman–Crippen LogP) is 6.20. The summed E-state index contributed by atoms with van der Waals surface area (Å²) in [5, 5.41) is 3.21. The van der Waals surface area contributed by atoms with Gasteiger partial charge in [0.1, 0.15) is 12.6 Å². The van der Waals surface area contributed by atoms with E-state index >= 15 is 0 Å². The fraction of sp³-hybridized carbons (Fsp3) is 0.297. The second-order valence-electron chi connectivity index (χ2n) is 11.8. The zero-order valence-electron chi connectivity index (χ0n) is 25.9. The molecule has 0 aliphatic heterocycles. The molecule has 0 spiro atoms. The Morgan fingerprint density at radius 2 is 1.38 bits per heavy atom. The van der Waals surface area contributed by atoms with Crippen molar-refractivity contribution in [1.82, 2.24) is 10.2 Å². The summed E-state index contributed by atoms with van der Waals surface area (Å²) in [4.78, 5) is 30.3. The van der Waals surface area contributed by atoms with Gasteiger partial charge in [0.15, 0.2) is 0 Å². The minimum absolute atomic E-state index is 0.0642. The van der Waals surface area contributed by atoms with Crippen LogP contribution >= 0.6 is 0 Å². The number of hydrogen-bond acceptors (Lipinski definition) is 4. The minimum Gasteiger partial charge on any atom is -0.352 e. The van der Waals surface area contributed by atoms with Gasteiger partial charge in [-0.15, -0.1) is 0 Å². The van der Waals surface area contributed by atoms with Crippen molar-refractivity contribution >= 4 is 27.5 Å². The van der Waals surface area contributed by atoms with E-state index in [1.165, 1.54) is 16.4 Å². The molecule has 5 rings (SSSR count). The summed E-state index contributed by atoms with van der Waals surface area (Å²) >= 11 is 0. The molecule has 0 saturated heterocycles. The molecule has 45 heavy (non-hydrogen) atoms. The lowest BCUT2D eigenvalue weighted by Crippen LogP contribution is -2.54. The van der Waals surface area contributed by atoms with E-state index in [0.29, 0.717) is 12.1 Å². The van der Waals surface area contributed by atoms with Crippen LogP contribution in [0.2, 0.25) is 0 Å². The van der Waals surface area contributed by atoms with Gasteiger partial charge in [0.05, 0.1) is 10.6 Å². The molecule has 0 radical (unpaired) electrons. The minimum atomic E-state index is -4.13. The number of hydrogen-bond donors (Lipinski definition) is 1. The highest BCUT2D eigenvalue weighted by Gasteiger charge is 2.36. The van der Waals surface area contributed by atoms with Crippen molar-refractivity contribution in [2.24, 2.45) is 0 Å². The van der Waals surface area contributed by atoms with Gasteiger partial charge in [-0.3, -0.25) is 13.9 Å². The van der Waals surface area contributed by atoms with Gasteiger partial charge in [-0.05, 0) is 67.1 Å². The molecular formula is C37H41N3O4S. The van der Waals surface area contributed by atoms with E-state index in [9.17, 15) is 18.0 Å². The van der Waals surface area contributed by atoms with Crippen LogP contribution in [0.4, 0.5) is 5.69 Å². The Bertz CT molecular complexity index is 1690. The van der Waals surface area contributed by atoms with Crippen molar-refractivity contribution in [3.63, 3.8) is 0 Å². The molecule has 1 fully saturated rings. The summed E-state index contributed by atoms with van der Waals surface area (Å²) in [7, 11) is -4.13. The van der Waals surface area contributed by atoms with Gasteiger partial charge < -0.3 is 10.2 Å². The maximum atomic E-state index is 14.6. The Morgan fingerprint density at radius 1 is 0.800 bits per heavy atom. The van der Waals surface area contributed by atoms with Crippen molar-refractivity contribution in [3.8, 4) is 0 Å². The Labute approximate surface area is 266 Å². The molecule has 1 N–H and O–H groups in total. The Hall–Kier alpha value is -4.43. The normalized spacial score (nSPS) is 14.1. The topological polar surface area (TPSA) is 86.8 Å². The second kappa shape index (κ2) is 14.6. The average Bonchev–Trinajstić information content (AvgIpc) is 3.57. The summed E-state index contributed by atoms with van der Waals surface area (Å²) in [6.45, 7) is 3.42. The van der Waals surface area contributed by atoms with Gasteiger partial charge in [0, 0.05) is 19.0 Å². The van der Waals surface area contributed by atoms with E-state index in [-0.39, 0.29) is 23.4 Å². The van der Waals surface area contributed by atoms with Crippen LogP contribution in [-0.2, 0) is 32.6 Å². The van der Waals surface area contributed by atoms with E-state index in [1.807, 2.05) is 86.6 Å². The highest BCUT2D eigenvalue weighted by atomic mass is 32.2. The standard InChI is InChI=1S/C37H41N3O4S/c1-28-22-23-29(2)34(24-28)40(45(43,44)33-20-10-5-11-21-33)27-36(41)39(26-31-16-8-4-9-17-31)35(25-30-14-6-3-7-15-30)37(42)38-32-18-12-13-19-32/h3-11,14-17,20-24,32,35H,12-13,18-19,25-27H2,1-2H3,(H,38,42)/t35-/m0/s1. The Kier molecular flexibility index (Phi) is 10.4. The number of benzene rings is 4. The molecule has 4 aromatic carbocycles. The lowest BCUT2D eigenvalue weighted by Gasteiger charge is -2.34. The zero-order valence-corrected chi connectivity index (χ0v) is 26.7. The van der Waals surface area contributed by atoms with E-state index in [1.54, 1.807) is 29.2 Å². The molecular weight excluding hydrogens is 582 g/mol. The number of aryl methyl sites for hydroxylation is 2. The maximum Gasteiger partial charge on any atom is 0.264 e. The van der Waals surface area contributed by atoms with E-state index < -0.39 is 28.5 Å². The van der Waals surface area contributed by atoms with Crippen LogP contribution in [0.3, 0.4) is 0 Å². The first-order valence-corrected chi connectivity index (χ1v) is 17.0. The van der Waals surface area contributed by atoms with Crippen LogP contribution in [-0.4, -0.2) is 43.8 Å². The number of amides is 2. The molecule has 2 amide bonds. The van der Waals surface area contributed by atoms with Gasteiger partial charge in [-0.2, -0.15) is 0 Å².